The lowest BCUT2D eigenvalue weighted by Gasteiger charge is -2.13. The third-order valence-corrected chi connectivity index (χ3v) is 3.21. The highest BCUT2D eigenvalue weighted by Crippen LogP contribution is 2.33. The van der Waals surface area contributed by atoms with Crippen molar-refractivity contribution in [2.45, 2.75) is 19.4 Å². The first-order chi connectivity index (χ1) is 9.86. The highest BCUT2D eigenvalue weighted by molar-refractivity contribution is 5.47. The van der Waals surface area contributed by atoms with Crippen molar-refractivity contribution in [3.8, 4) is 5.75 Å². The number of benzene rings is 1. The molecule has 1 aliphatic heterocycles. The summed E-state index contributed by atoms with van der Waals surface area (Å²) in [5.41, 5.74) is 1.17. The minimum atomic E-state index is 0.127. The number of hydrogen-bond acceptors (Lipinski definition) is 5. The maximum Gasteiger partial charge on any atom is 0.147 e. The Kier molecular flexibility index (Phi) is 3.67. The first-order valence-electron chi connectivity index (χ1n) is 6.91. The molecule has 104 valence electrons. The van der Waals surface area contributed by atoms with Gasteiger partial charge in [-0.1, -0.05) is 25.1 Å². The van der Waals surface area contributed by atoms with Crippen LogP contribution in [0, 0.1) is 0 Å². The smallest absolute Gasteiger partial charge is 0.147 e. The van der Waals surface area contributed by atoms with Crippen LogP contribution in [0.1, 0.15) is 24.9 Å². The van der Waals surface area contributed by atoms with Crippen molar-refractivity contribution >= 4 is 11.6 Å². The lowest BCUT2D eigenvalue weighted by Crippen LogP contribution is -2.14. The third-order valence-electron chi connectivity index (χ3n) is 3.21. The summed E-state index contributed by atoms with van der Waals surface area (Å²) in [4.78, 5) is 8.71. The minimum Gasteiger partial charge on any atom is -0.491 e. The predicted octanol–water partition coefficient (Wildman–Crippen LogP) is 2.84. The minimum absolute atomic E-state index is 0.127. The average Bonchev–Trinajstić information content (AvgIpc) is 2.89. The van der Waals surface area contributed by atoms with Crippen molar-refractivity contribution < 1.29 is 4.74 Å². The van der Waals surface area contributed by atoms with Gasteiger partial charge >= 0.3 is 0 Å². The second-order valence-corrected chi connectivity index (χ2v) is 4.76. The summed E-state index contributed by atoms with van der Waals surface area (Å²) in [5, 5.41) is 6.61. The van der Waals surface area contributed by atoms with E-state index in [4.69, 9.17) is 4.74 Å². The number of aromatic nitrogens is 2. The molecule has 1 atom stereocenters. The van der Waals surface area contributed by atoms with Gasteiger partial charge in [-0.15, -0.1) is 0 Å². The maximum atomic E-state index is 5.65. The van der Waals surface area contributed by atoms with E-state index in [-0.39, 0.29) is 6.04 Å². The van der Waals surface area contributed by atoms with E-state index >= 15 is 0 Å². The van der Waals surface area contributed by atoms with Gasteiger partial charge in [0.15, 0.2) is 0 Å². The van der Waals surface area contributed by atoms with E-state index in [2.05, 4.69) is 33.6 Å². The molecule has 0 radical (unpaired) electrons. The Hall–Kier alpha value is -2.30. The zero-order valence-electron chi connectivity index (χ0n) is 11.5. The third kappa shape index (κ3) is 2.66. The molecule has 1 aromatic carbocycles. The molecule has 20 heavy (non-hydrogen) atoms. The molecule has 0 bridgehead atoms. The van der Waals surface area contributed by atoms with Gasteiger partial charge in [0.05, 0.1) is 18.4 Å². The highest BCUT2D eigenvalue weighted by Gasteiger charge is 2.23. The van der Waals surface area contributed by atoms with E-state index in [1.165, 1.54) is 5.56 Å². The quantitative estimate of drug-likeness (QED) is 0.875. The van der Waals surface area contributed by atoms with E-state index < -0.39 is 0 Å². The Balaban J connectivity index is 1.72. The zero-order valence-corrected chi connectivity index (χ0v) is 11.5. The molecule has 2 N–H and O–H groups in total. The second-order valence-electron chi connectivity index (χ2n) is 4.76. The fourth-order valence-electron chi connectivity index (χ4n) is 2.23. The fraction of sp³-hybridized carbons (Fsp3) is 0.333. The van der Waals surface area contributed by atoms with Crippen LogP contribution in [0.15, 0.2) is 36.7 Å². The van der Waals surface area contributed by atoms with Crippen molar-refractivity contribution in [3.05, 3.63) is 42.2 Å². The maximum absolute atomic E-state index is 5.65. The standard InChI is InChI=1S/C15H18N4O/c1-2-7-17-14-8-16-9-15(19-14)18-12-10-20-13-6-4-3-5-11(12)13/h3-6,8-9,12H,2,7,10H2,1H3,(H2,17,18,19). The number of para-hydroxylation sites is 1. The lowest BCUT2D eigenvalue weighted by atomic mass is 10.1. The molecule has 3 rings (SSSR count). The van der Waals surface area contributed by atoms with Crippen LogP contribution in [0.2, 0.25) is 0 Å². The molecular weight excluding hydrogens is 252 g/mol. The largest absolute Gasteiger partial charge is 0.491 e. The van der Waals surface area contributed by atoms with Gasteiger partial charge in [-0.3, -0.25) is 4.98 Å². The molecule has 2 heterocycles. The van der Waals surface area contributed by atoms with Crippen molar-refractivity contribution in [1.82, 2.24) is 9.97 Å². The summed E-state index contributed by atoms with van der Waals surface area (Å²) in [7, 11) is 0. The number of fused-ring (bicyclic) bond motifs is 1. The Bertz CT molecular complexity index is 588. The molecule has 1 unspecified atom stereocenters. The van der Waals surface area contributed by atoms with Gasteiger partial charge < -0.3 is 15.4 Å². The predicted molar refractivity (Wildman–Crippen MR) is 79.1 cm³/mol. The summed E-state index contributed by atoms with van der Waals surface area (Å²) < 4.78 is 5.65. The van der Waals surface area contributed by atoms with Crippen molar-refractivity contribution in [2.24, 2.45) is 0 Å². The monoisotopic (exact) mass is 270 g/mol. The van der Waals surface area contributed by atoms with Gasteiger partial charge in [0, 0.05) is 12.1 Å². The molecule has 5 heteroatoms. The molecule has 1 aliphatic rings. The van der Waals surface area contributed by atoms with Crippen molar-refractivity contribution in [3.63, 3.8) is 0 Å². The van der Waals surface area contributed by atoms with Crippen molar-refractivity contribution in [1.29, 1.82) is 0 Å². The number of hydrogen-bond donors (Lipinski definition) is 2. The van der Waals surface area contributed by atoms with Gasteiger partial charge in [-0.2, -0.15) is 0 Å². The highest BCUT2D eigenvalue weighted by atomic mass is 16.5. The van der Waals surface area contributed by atoms with Crippen LogP contribution in [0.3, 0.4) is 0 Å². The van der Waals surface area contributed by atoms with Crippen LogP contribution >= 0.6 is 0 Å². The van der Waals surface area contributed by atoms with Crippen molar-refractivity contribution in [2.75, 3.05) is 23.8 Å². The molecular formula is C15H18N4O. The summed E-state index contributed by atoms with van der Waals surface area (Å²) in [6.45, 7) is 3.64. The van der Waals surface area contributed by atoms with Crippen LogP contribution < -0.4 is 15.4 Å². The van der Waals surface area contributed by atoms with E-state index in [0.717, 1.165) is 30.4 Å². The van der Waals surface area contributed by atoms with Crippen LogP contribution in [-0.2, 0) is 0 Å². The summed E-state index contributed by atoms with van der Waals surface area (Å²) in [5.74, 6) is 2.50. The normalized spacial score (nSPS) is 16.4. The van der Waals surface area contributed by atoms with Crippen LogP contribution in [0.25, 0.3) is 0 Å². The molecule has 0 aliphatic carbocycles. The van der Waals surface area contributed by atoms with Crippen LogP contribution in [0.5, 0.6) is 5.75 Å². The zero-order chi connectivity index (χ0) is 13.8. The molecule has 0 fully saturated rings. The van der Waals surface area contributed by atoms with E-state index in [0.29, 0.717) is 6.61 Å². The SMILES string of the molecule is CCCNc1cncc(NC2COc3ccccc32)n1. The van der Waals surface area contributed by atoms with Crippen LogP contribution in [-0.4, -0.2) is 23.1 Å². The first-order valence-corrected chi connectivity index (χ1v) is 6.91. The lowest BCUT2D eigenvalue weighted by molar-refractivity contribution is 0.339. The van der Waals surface area contributed by atoms with Crippen LogP contribution in [0.4, 0.5) is 11.6 Å². The Morgan fingerprint density at radius 1 is 1.25 bits per heavy atom. The molecule has 0 saturated carbocycles. The number of nitrogens with one attached hydrogen (secondary N) is 2. The summed E-state index contributed by atoms with van der Waals surface area (Å²) >= 11 is 0. The summed E-state index contributed by atoms with van der Waals surface area (Å²) in [6.07, 6.45) is 4.53. The average molecular weight is 270 g/mol. The molecule has 0 spiro atoms. The molecule has 5 nitrogen and oxygen atoms in total. The van der Waals surface area contributed by atoms with E-state index in [1.54, 1.807) is 12.4 Å². The molecule has 0 saturated heterocycles. The molecule has 0 amide bonds. The first kappa shape index (κ1) is 12.7. The van der Waals surface area contributed by atoms with Gasteiger partial charge in [0.1, 0.15) is 24.0 Å². The number of nitrogens with zero attached hydrogens (tertiary/aromatic N) is 2. The Morgan fingerprint density at radius 2 is 2.10 bits per heavy atom. The second kappa shape index (κ2) is 5.77. The molecule has 1 aromatic heterocycles. The van der Waals surface area contributed by atoms with Gasteiger partial charge in [0.2, 0.25) is 0 Å². The Morgan fingerprint density at radius 3 is 3.00 bits per heavy atom. The topological polar surface area (TPSA) is 59.1 Å². The Labute approximate surface area is 118 Å². The number of rotatable bonds is 5. The van der Waals surface area contributed by atoms with E-state index in [9.17, 15) is 0 Å². The van der Waals surface area contributed by atoms with Gasteiger partial charge in [-0.05, 0) is 12.5 Å². The van der Waals surface area contributed by atoms with Gasteiger partial charge in [-0.25, -0.2) is 4.98 Å². The molecule has 2 aromatic rings. The number of anilines is 2. The fourth-order valence-corrected chi connectivity index (χ4v) is 2.23. The van der Waals surface area contributed by atoms with Gasteiger partial charge in [0.25, 0.3) is 0 Å². The number of ether oxygens (including phenoxy) is 1. The van der Waals surface area contributed by atoms with E-state index in [1.807, 2.05) is 18.2 Å². The summed E-state index contributed by atoms with van der Waals surface area (Å²) in [6, 6.07) is 8.19.